The van der Waals surface area contributed by atoms with Crippen molar-refractivity contribution in [1.82, 2.24) is 0 Å². The van der Waals surface area contributed by atoms with Crippen LogP contribution in [0.15, 0.2) is 0 Å². The molecule has 0 bridgehead atoms. The van der Waals surface area contributed by atoms with Crippen molar-refractivity contribution in [2.24, 2.45) is 5.92 Å². The lowest BCUT2D eigenvalue weighted by Gasteiger charge is -2.09. The maximum absolute atomic E-state index is 11.5. The van der Waals surface area contributed by atoms with Crippen molar-refractivity contribution in [2.45, 2.75) is 219 Å². The number of carbonyl (C=O) groups is 2. The third-order valence-electron chi connectivity index (χ3n) is 9.13. The molecule has 4 nitrogen and oxygen atoms in total. The predicted octanol–water partition coefficient (Wildman–Crippen LogP) is 12.8. The Morgan fingerprint density at radius 1 is 0.429 bits per heavy atom. The fourth-order valence-corrected chi connectivity index (χ4v) is 6.21. The molecule has 42 heavy (non-hydrogen) atoms. The molecule has 4 heteroatoms. The van der Waals surface area contributed by atoms with Gasteiger partial charge in [0, 0.05) is 0 Å². The quantitative estimate of drug-likeness (QED) is 0.0450. The largest absolute Gasteiger partial charge is 0.481 e. The van der Waals surface area contributed by atoms with Crippen molar-refractivity contribution in [1.29, 1.82) is 0 Å². The fourth-order valence-electron chi connectivity index (χ4n) is 6.21. The van der Waals surface area contributed by atoms with E-state index in [9.17, 15) is 9.59 Å². The molecular weight excluding hydrogens is 520 g/mol. The van der Waals surface area contributed by atoms with Gasteiger partial charge in [-0.15, -0.1) is 0 Å². The van der Waals surface area contributed by atoms with Gasteiger partial charge in [-0.25, -0.2) is 0 Å². The Morgan fingerprint density at radius 3 is 0.833 bits per heavy atom. The first kappa shape index (κ1) is 40.9. The van der Waals surface area contributed by atoms with Crippen LogP contribution in [-0.2, 0) is 14.3 Å². The second-order valence-electron chi connectivity index (χ2n) is 13.2. The summed E-state index contributed by atoms with van der Waals surface area (Å²) in [4.78, 5) is 22.6. The number of hydrogen-bond acceptors (Lipinski definition) is 3. The van der Waals surface area contributed by atoms with Crippen LogP contribution in [0.2, 0.25) is 0 Å². The molecule has 0 aromatic heterocycles. The third kappa shape index (κ3) is 30.4. The molecule has 0 aromatic rings. The molecule has 0 aromatic carbocycles. The van der Waals surface area contributed by atoms with E-state index in [1.807, 2.05) is 0 Å². The number of ether oxygens (including phenoxy) is 1. The average Bonchev–Trinajstić information content (AvgIpc) is 2.99. The van der Waals surface area contributed by atoms with E-state index in [2.05, 4.69) is 11.7 Å². The van der Waals surface area contributed by atoms with Crippen molar-refractivity contribution < 1.29 is 19.4 Å². The number of methoxy groups -OCH3 is 1. The molecule has 0 spiro atoms. The zero-order valence-corrected chi connectivity index (χ0v) is 28.6. The van der Waals surface area contributed by atoms with Gasteiger partial charge in [0.15, 0.2) is 5.92 Å². The number of carboxylic acids is 1. The molecule has 1 atom stereocenters. The van der Waals surface area contributed by atoms with Crippen LogP contribution in [0.25, 0.3) is 0 Å². The van der Waals surface area contributed by atoms with Crippen molar-refractivity contribution in [3.8, 4) is 0 Å². The number of unbranched alkanes of at least 4 members (excludes halogenated alkanes) is 31. The highest BCUT2D eigenvalue weighted by molar-refractivity contribution is 5.93. The van der Waals surface area contributed by atoms with Crippen LogP contribution in [0, 0.1) is 5.92 Å². The summed E-state index contributed by atoms with van der Waals surface area (Å²) in [6, 6.07) is 0. The predicted molar refractivity (Wildman–Crippen MR) is 181 cm³/mol. The number of carbonyl (C=O) groups excluding carboxylic acids is 1. The molecule has 250 valence electrons. The molecule has 0 rings (SSSR count). The Bertz CT molecular complexity index is 561. The number of rotatable bonds is 35. The first-order chi connectivity index (χ1) is 20.6. The Morgan fingerprint density at radius 2 is 0.643 bits per heavy atom. The molecule has 1 N–H and O–H groups in total. The maximum atomic E-state index is 11.5. The second-order valence-corrected chi connectivity index (χ2v) is 13.2. The van der Waals surface area contributed by atoms with Crippen molar-refractivity contribution in [2.75, 3.05) is 7.11 Å². The SMILES string of the molecule is CCCCCCCCCCCCCCCCCCCCCCCCCCCCCCCCCCC(C(=O)O)C(=O)OC. The minimum atomic E-state index is -1.07. The van der Waals surface area contributed by atoms with Crippen LogP contribution in [0.1, 0.15) is 219 Å². The summed E-state index contributed by atoms with van der Waals surface area (Å²) in [5.74, 6) is -2.69. The molecule has 0 saturated heterocycles. The van der Waals surface area contributed by atoms with Gasteiger partial charge in [0.25, 0.3) is 0 Å². The number of carboxylic acid groups (broad SMARTS) is 1. The zero-order valence-electron chi connectivity index (χ0n) is 28.6. The van der Waals surface area contributed by atoms with Crippen LogP contribution in [0.3, 0.4) is 0 Å². The van der Waals surface area contributed by atoms with Crippen molar-refractivity contribution >= 4 is 11.9 Å². The van der Waals surface area contributed by atoms with Gasteiger partial charge in [0.05, 0.1) is 7.11 Å². The van der Waals surface area contributed by atoms with E-state index in [-0.39, 0.29) is 0 Å². The summed E-state index contributed by atoms with van der Waals surface area (Å²) in [7, 11) is 1.25. The smallest absolute Gasteiger partial charge is 0.320 e. The average molecular weight is 595 g/mol. The van der Waals surface area contributed by atoms with Gasteiger partial charge < -0.3 is 9.84 Å². The normalized spacial score (nSPS) is 12.0. The summed E-state index contributed by atoms with van der Waals surface area (Å²) in [5.41, 5.74) is 0. The molecule has 0 aliphatic heterocycles. The fraction of sp³-hybridized carbons (Fsp3) is 0.947. The molecular formula is C38H74O4. The molecule has 1 unspecified atom stereocenters. The molecule has 0 heterocycles. The summed E-state index contributed by atoms with van der Waals surface area (Å²) >= 11 is 0. The van der Waals surface area contributed by atoms with Crippen molar-refractivity contribution in [3.63, 3.8) is 0 Å². The molecule has 0 aliphatic carbocycles. The highest BCUT2D eigenvalue weighted by Gasteiger charge is 2.26. The number of hydrogen-bond donors (Lipinski definition) is 1. The number of aliphatic carboxylic acids is 1. The Kier molecular flexibility index (Phi) is 33.6. The highest BCUT2D eigenvalue weighted by atomic mass is 16.5. The van der Waals surface area contributed by atoms with E-state index in [4.69, 9.17) is 5.11 Å². The van der Waals surface area contributed by atoms with Gasteiger partial charge in [-0.2, -0.15) is 0 Å². The van der Waals surface area contributed by atoms with Crippen LogP contribution in [0.5, 0.6) is 0 Å². The lowest BCUT2D eigenvalue weighted by molar-refractivity contribution is -0.157. The van der Waals surface area contributed by atoms with Crippen LogP contribution < -0.4 is 0 Å². The molecule has 0 amide bonds. The minimum Gasteiger partial charge on any atom is -0.481 e. The number of esters is 1. The first-order valence-corrected chi connectivity index (χ1v) is 18.9. The Balaban J connectivity index is 3.15. The monoisotopic (exact) mass is 595 g/mol. The minimum absolute atomic E-state index is 0.390. The summed E-state index contributed by atoms with van der Waals surface area (Å²) in [5, 5.41) is 9.09. The van der Waals surface area contributed by atoms with Crippen LogP contribution >= 0.6 is 0 Å². The van der Waals surface area contributed by atoms with Gasteiger partial charge in [-0.05, 0) is 6.42 Å². The van der Waals surface area contributed by atoms with E-state index < -0.39 is 17.9 Å². The maximum Gasteiger partial charge on any atom is 0.320 e. The summed E-state index contributed by atoms with van der Waals surface area (Å²) < 4.78 is 4.57. The highest BCUT2D eigenvalue weighted by Crippen LogP contribution is 2.18. The first-order valence-electron chi connectivity index (χ1n) is 18.9. The summed E-state index contributed by atoms with van der Waals surface area (Å²) in [6.07, 6.45) is 44.6. The lowest BCUT2D eigenvalue weighted by Crippen LogP contribution is -2.24. The van der Waals surface area contributed by atoms with Gasteiger partial charge in [-0.3, -0.25) is 9.59 Å². The Labute approximate surface area is 262 Å². The van der Waals surface area contributed by atoms with E-state index in [1.165, 1.54) is 193 Å². The van der Waals surface area contributed by atoms with Crippen LogP contribution in [0.4, 0.5) is 0 Å². The lowest BCUT2D eigenvalue weighted by atomic mass is 10.00. The second kappa shape index (κ2) is 34.4. The van der Waals surface area contributed by atoms with E-state index in [1.54, 1.807) is 0 Å². The summed E-state index contributed by atoms with van der Waals surface area (Å²) in [6.45, 7) is 2.30. The van der Waals surface area contributed by atoms with Gasteiger partial charge in [0.1, 0.15) is 0 Å². The molecule has 0 radical (unpaired) electrons. The topological polar surface area (TPSA) is 63.6 Å². The van der Waals surface area contributed by atoms with E-state index in [0.29, 0.717) is 6.42 Å². The molecule has 0 fully saturated rings. The molecule has 0 saturated carbocycles. The standard InChI is InChI=1S/C38H74O4/c1-3-4-5-6-7-8-9-10-11-12-13-14-15-16-17-18-19-20-21-22-23-24-25-26-27-28-29-30-31-32-33-34-35-36(37(39)40)38(41)42-2/h36H,3-35H2,1-2H3,(H,39,40). The van der Waals surface area contributed by atoms with E-state index >= 15 is 0 Å². The van der Waals surface area contributed by atoms with Gasteiger partial charge in [-0.1, -0.05) is 212 Å². The Hall–Kier alpha value is -1.06. The molecule has 0 aliphatic rings. The van der Waals surface area contributed by atoms with Gasteiger partial charge in [0.2, 0.25) is 0 Å². The third-order valence-corrected chi connectivity index (χ3v) is 9.13. The van der Waals surface area contributed by atoms with Gasteiger partial charge >= 0.3 is 11.9 Å². The zero-order chi connectivity index (χ0) is 30.8. The van der Waals surface area contributed by atoms with E-state index in [0.717, 1.165) is 19.3 Å². The van der Waals surface area contributed by atoms with Crippen molar-refractivity contribution in [3.05, 3.63) is 0 Å². The van der Waals surface area contributed by atoms with Crippen LogP contribution in [-0.4, -0.2) is 24.2 Å².